The minimum atomic E-state index is -1.56. The quantitative estimate of drug-likeness (QED) is 0.0280. The summed E-state index contributed by atoms with van der Waals surface area (Å²) in [4.78, 5) is 12.9. The predicted molar refractivity (Wildman–Crippen MR) is 230 cm³/mol. The lowest BCUT2D eigenvalue weighted by Gasteiger charge is -2.40. The predicted octanol–water partition coefficient (Wildman–Crippen LogP) is 8.77. The van der Waals surface area contributed by atoms with E-state index in [9.17, 15) is 30.3 Å². The van der Waals surface area contributed by atoms with Crippen LogP contribution in [0.2, 0.25) is 0 Å². The molecule has 56 heavy (non-hydrogen) atoms. The lowest BCUT2D eigenvalue weighted by atomic mass is 9.99. The van der Waals surface area contributed by atoms with E-state index in [0.29, 0.717) is 12.8 Å². The Bertz CT molecular complexity index is 1140. The number of carbonyl (C=O) groups is 1. The first-order valence-electron chi connectivity index (χ1n) is 21.8. The maximum atomic E-state index is 12.9. The average molecular weight is 786 g/mol. The zero-order chi connectivity index (χ0) is 40.9. The summed E-state index contributed by atoms with van der Waals surface area (Å²) in [7, 11) is 0. The summed E-state index contributed by atoms with van der Waals surface area (Å²) in [5.74, 6) is -0.174. The van der Waals surface area contributed by atoms with Gasteiger partial charge < -0.3 is 40.3 Å². The number of aliphatic hydroxyl groups is 5. The number of hydrogen-bond acceptors (Lipinski definition) is 8. The molecule has 0 aromatic carbocycles. The number of allylic oxidation sites excluding steroid dienone is 14. The molecule has 1 fully saturated rings. The van der Waals surface area contributed by atoms with Gasteiger partial charge >= 0.3 is 0 Å². The molecule has 7 atom stereocenters. The first-order chi connectivity index (χ1) is 27.3. The highest BCUT2D eigenvalue weighted by Crippen LogP contribution is 2.23. The summed E-state index contributed by atoms with van der Waals surface area (Å²) >= 11 is 0. The van der Waals surface area contributed by atoms with Gasteiger partial charge in [0.05, 0.1) is 25.4 Å². The molecule has 1 saturated heterocycles. The molecule has 9 heteroatoms. The second-order valence-electron chi connectivity index (χ2n) is 14.8. The third-order valence-electron chi connectivity index (χ3n) is 9.76. The zero-order valence-electron chi connectivity index (χ0n) is 34.8. The summed E-state index contributed by atoms with van der Waals surface area (Å²) < 4.78 is 11.2. The minimum Gasteiger partial charge on any atom is -0.394 e. The highest BCUT2D eigenvalue weighted by molar-refractivity contribution is 5.76. The van der Waals surface area contributed by atoms with Crippen molar-refractivity contribution in [3.05, 3.63) is 85.1 Å². The van der Waals surface area contributed by atoms with E-state index < -0.39 is 49.5 Å². The van der Waals surface area contributed by atoms with Crippen LogP contribution in [0.3, 0.4) is 0 Å². The fraction of sp³-hybridized carbons (Fsp3) is 0.681. The average Bonchev–Trinajstić information content (AvgIpc) is 3.20. The van der Waals surface area contributed by atoms with Crippen LogP contribution in [0.25, 0.3) is 0 Å². The van der Waals surface area contributed by atoms with Crippen LogP contribution in [0.5, 0.6) is 0 Å². The van der Waals surface area contributed by atoms with E-state index in [0.717, 1.165) is 116 Å². The molecule has 1 heterocycles. The van der Waals surface area contributed by atoms with Crippen LogP contribution in [0.1, 0.15) is 149 Å². The largest absolute Gasteiger partial charge is 0.394 e. The lowest BCUT2D eigenvalue weighted by molar-refractivity contribution is -0.302. The van der Waals surface area contributed by atoms with Crippen LogP contribution < -0.4 is 5.32 Å². The molecular formula is C47H79NO8. The Morgan fingerprint density at radius 1 is 0.625 bits per heavy atom. The number of nitrogens with one attached hydrogen (secondary N) is 1. The molecule has 1 aliphatic rings. The van der Waals surface area contributed by atoms with Crippen LogP contribution in [-0.2, 0) is 14.3 Å². The Labute approximate surface area is 340 Å². The molecule has 0 radical (unpaired) electrons. The van der Waals surface area contributed by atoms with Crippen molar-refractivity contribution in [2.45, 2.75) is 192 Å². The topological polar surface area (TPSA) is 149 Å². The fourth-order valence-corrected chi connectivity index (χ4v) is 6.26. The molecule has 0 aromatic rings. The summed E-state index contributed by atoms with van der Waals surface area (Å²) in [6, 6.07) is -0.731. The standard InChI is InChI=1S/C47H79NO8/c1-3-5-7-9-11-12-13-14-15-16-17-18-19-20-21-22-23-24-25-26-27-28-29-30-31-33-35-37-43(51)48-40(41(50)36-34-32-10-8-6-4-2)39-55-47-46(54)45(53)44(52)42(38-49)56-47/h5,7,11-12,14-15,17-18,20-21,23-24,26-27,40-42,44-47,49-50,52-54H,3-4,6,8-10,13,16,19,22,25,28-39H2,1-2H3,(H,48,51)/b7-5-,12-11-,15-14-,18-17-,21-20-,24-23-,27-26-. The minimum absolute atomic E-state index is 0.154. The Morgan fingerprint density at radius 2 is 1.11 bits per heavy atom. The second-order valence-corrected chi connectivity index (χ2v) is 14.8. The SMILES string of the molecule is CC/C=C\C/C=C\C/C=C\C/C=C\C/C=C\C/C=C\C/C=C\CCCCCCCC(=O)NC(COC1OC(CO)C(O)C(O)C1O)C(O)CCCCCCCC. The molecule has 0 aromatic heterocycles. The Kier molecular flexibility index (Phi) is 33.7. The molecule has 0 bridgehead atoms. The normalized spacial score (nSPS) is 22.0. The molecule has 6 N–H and O–H groups in total. The van der Waals surface area contributed by atoms with Crippen LogP contribution in [-0.4, -0.2) is 87.5 Å². The maximum absolute atomic E-state index is 12.9. The number of ether oxygens (including phenoxy) is 2. The molecule has 0 saturated carbocycles. The highest BCUT2D eigenvalue weighted by Gasteiger charge is 2.44. The molecule has 7 unspecified atom stereocenters. The number of carbonyl (C=O) groups excluding carboxylic acids is 1. The van der Waals surface area contributed by atoms with Crippen LogP contribution in [0, 0.1) is 0 Å². The van der Waals surface area contributed by atoms with Crippen molar-refractivity contribution < 1.29 is 39.8 Å². The Hall–Kier alpha value is -2.63. The first kappa shape index (κ1) is 51.4. The van der Waals surface area contributed by atoms with Crippen molar-refractivity contribution in [1.29, 1.82) is 0 Å². The summed E-state index contributed by atoms with van der Waals surface area (Å²) in [6.45, 7) is 3.61. The van der Waals surface area contributed by atoms with E-state index in [-0.39, 0.29) is 12.5 Å². The number of hydrogen-bond donors (Lipinski definition) is 6. The lowest BCUT2D eigenvalue weighted by Crippen LogP contribution is -2.60. The Balaban J connectivity index is 2.23. The number of unbranched alkanes of at least 4 members (excludes halogenated alkanes) is 10. The van der Waals surface area contributed by atoms with Crippen molar-refractivity contribution in [3.63, 3.8) is 0 Å². The van der Waals surface area contributed by atoms with E-state index in [1.807, 2.05) is 0 Å². The van der Waals surface area contributed by atoms with Gasteiger partial charge in [0.25, 0.3) is 0 Å². The molecule has 9 nitrogen and oxygen atoms in total. The fourth-order valence-electron chi connectivity index (χ4n) is 6.26. The van der Waals surface area contributed by atoms with Crippen LogP contribution >= 0.6 is 0 Å². The van der Waals surface area contributed by atoms with Crippen molar-refractivity contribution in [1.82, 2.24) is 5.32 Å². The monoisotopic (exact) mass is 786 g/mol. The second kappa shape index (κ2) is 36.7. The van der Waals surface area contributed by atoms with Crippen molar-refractivity contribution >= 4 is 5.91 Å². The molecule has 1 rings (SSSR count). The number of rotatable bonds is 34. The van der Waals surface area contributed by atoms with Gasteiger partial charge in [0.15, 0.2) is 6.29 Å². The summed E-state index contributed by atoms with van der Waals surface area (Å²) in [5.41, 5.74) is 0. The molecule has 320 valence electrons. The Morgan fingerprint density at radius 3 is 1.64 bits per heavy atom. The van der Waals surface area contributed by atoms with E-state index in [2.05, 4.69) is 104 Å². The summed E-state index contributed by atoms with van der Waals surface area (Å²) in [5, 5.41) is 53.9. The van der Waals surface area contributed by atoms with Gasteiger partial charge in [0.2, 0.25) is 5.91 Å². The maximum Gasteiger partial charge on any atom is 0.220 e. The van der Waals surface area contributed by atoms with Gasteiger partial charge in [-0.3, -0.25) is 4.79 Å². The van der Waals surface area contributed by atoms with Crippen molar-refractivity contribution in [2.24, 2.45) is 0 Å². The van der Waals surface area contributed by atoms with Crippen LogP contribution in [0.4, 0.5) is 0 Å². The highest BCUT2D eigenvalue weighted by atomic mass is 16.7. The summed E-state index contributed by atoms with van der Waals surface area (Å²) in [6.07, 6.45) is 43.4. The van der Waals surface area contributed by atoms with Crippen LogP contribution in [0.15, 0.2) is 85.1 Å². The molecule has 0 spiro atoms. The van der Waals surface area contributed by atoms with Gasteiger partial charge in [-0.05, 0) is 70.6 Å². The van der Waals surface area contributed by atoms with Gasteiger partial charge in [-0.2, -0.15) is 0 Å². The van der Waals surface area contributed by atoms with Gasteiger partial charge in [0, 0.05) is 6.42 Å². The molecule has 0 aliphatic carbocycles. The smallest absolute Gasteiger partial charge is 0.220 e. The van der Waals surface area contributed by atoms with E-state index in [4.69, 9.17) is 9.47 Å². The van der Waals surface area contributed by atoms with Gasteiger partial charge in [-0.15, -0.1) is 0 Å². The van der Waals surface area contributed by atoms with E-state index in [1.54, 1.807) is 0 Å². The van der Waals surface area contributed by atoms with Gasteiger partial charge in [-0.1, -0.05) is 157 Å². The molecular weight excluding hydrogens is 707 g/mol. The number of amides is 1. The van der Waals surface area contributed by atoms with Gasteiger partial charge in [-0.25, -0.2) is 0 Å². The first-order valence-corrected chi connectivity index (χ1v) is 21.8. The number of aliphatic hydroxyl groups excluding tert-OH is 5. The van der Waals surface area contributed by atoms with Crippen molar-refractivity contribution in [2.75, 3.05) is 13.2 Å². The van der Waals surface area contributed by atoms with E-state index >= 15 is 0 Å². The zero-order valence-corrected chi connectivity index (χ0v) is 34.8. The third kappa shape index (κ3) is 27.1. The van der Waals surface area contributed by atoms with E-state index in [1.165, 1.54) is 6.42 Å². The molecule has 1 amide bonds. The van der Waals surface area contributed by atoms with Crippen molar-refractivity contribution in [3.8, 4) is 0 Å². The molecule has 1 aliphatic heterocycles. The van der Waals surface area contributed by atoms with Gasteiger partial charge in [0.1, 0.15) is 24.4 Å². The third-order valence-corrected chi connectivity index (χ3v) is 9.76.